The van der Waals surface area contributed by atoms with Gasteiger partial charge in [0.1, 0.15) is 0 Å². The zero-order chi connectivity index (χ0) is 15.6. The second-order valence-corrected chi connectivity index (χ2v) is 4.68. The first kappa shape index (κ1) is 14.9. The van der Waals surface area contributed by atoms with Crippen LogP contribution in [0.3, 0.4) is 0 Å². The Morgan fingerprint density at radius 3 is 2.71 bits per heavy atom. The predicted molar refractivity (Wildman–Crippen MR) is 78.4 cm³/mol. The molecule has 1 heterocycles. The molecular weight excluding hydrogens is 296 g/mol. The minimum absolute atomic E-state index is 0.0632. The van der Waals surface area contributed by atoms with Crippen molar-refractivity contribution in [2.75, 3.05) is 18.2 Å². The van der Waals surface area contributed by atoms with Crippen molar-refractivity contribution < 1.29 is 14.3 Å². The van der Waals surface area contributed by atoms with Gasteiger partial charge in [0.2, 0.25) is 0 Å². The molecule has 0 atom stereocenters. The van der Waals surface area contributed by atoms with Gasteiger partial charge in [-0.3, -0.25) is 9.48 Å². The van der Waals surface area contributed by atoms with Crippen molar-refractivity contribution in [3.05, 3.63) is 40.7 Å². The molecule has 3 N–H and O–H groups in total. The lowest BCUT2D eigenvalue weighted by Gasteiger charge is -2.09. The van der Waals surface area contributed by atoms with Gasteiger partial charge >= 0.3 is 5.97 Å². The first-order chi connectivity index (χ1) is 9.92. The van der Waals surface area contributed by atoms with Crippen molar-refractivity contribution in [2.24, 2.45) is 7.05 Å². The Morgan fingerprint density at radius 2 is 2.14 bits per heavy atom. The van der Waals surface area contributed by atoms with E-state index >= 15 is 0 Å². The van der Waals surface area contributed by atoms with E-state index in [1.165, 1.54) is 36.2 Å². The quantitative estimate of drug-likeness (QED) is 0.841. The highest BCUT2D eigenvalue weighted by Gasteiger charge is 2.18. The van der Waals surface area contributed by atoms with E-state index < -0.39 is 11.9 Å². The number of nitrogens with one attached hydrogen (secondary N) is 1. The molecule has 0 aliphatic rings. The van der Waals surface area contributed by atoms with Gasteiger partial charge in [-0.25, -0.2) is 4.79 Å². The number of esters is 1. The molecule has 1 aromatic carbocycles. The third kappa shape index (κ3) is 3.14. The molecule has 0 bridgehead atoms. The van der Waals surface area contributed by atoms with Crippen LogP contribution in [0.5, 0.6) is 0 Å². The molecule has 0 unspecified atom stereocenters. The van der Waals surface area contributed by atoms with E-state index in [9.17, 15) is 9.59 Å². The van der Waals surface area contributed by atoms with E-state index in [0.29, 0.717) is 5.02 Å². The maximum absolute atomic E-state index is 12.2. The fraction of sp³-hybridized carbons (Fsp3) is 0.154. The van der Waals surface area contributed by atoms with Gasteiger partial charge in [-0.05, 0) is 18.2 Å². The molecule has 2 aromatic rings. The Balaban J connectivity index is 2.34. The number of hydrogen-bond donors (Lipinski definition) is 2. The van der Waals surface area contributed by atoms with Crippen LogP contribution in [0.15, 0.2) is 24.4 Å². The van der Waals surface area contributed by atoms with E-state index in [-0.39, 0.29) is 22.6 Å². The Morgan fingerprint density at radius 1 is 1.43 bits per heavy atom. The molecule has 1 amide bonds. The summed E-state index contributed by atoms with van der Waals surface area (Å²) in [5.74, 6) is -1.13. The number of carbonyl (C=O) groups excluding carboxylic acids is 2. The molecule has 0 spiro atoms. The molecule has 110 valence electrons. The number of aryl methyl sites for hydroxylation is 1. The monoisotopic (exact) mass is 308 g/mol. The normalized spacial score (nSPS) is 10.2. The fourth-order valence-corrected chi connectivity index (χ4v) is 1.94. The number of aromatic nitrogens is 2. The van der Waals surface area contributed by atoms with Gasteiger partial charge in [0.05, 0.1) is 24.0 Å². The van der Waals surface area contributed by atoms with Crippen molar-refractivity contribution in [3.63, 3.8) is 0 Å². The summed E-state index contributed by atoms with van der Waals surface area (Å²) >= 11 is 5.88. The van der Waals surface area contributed by atoms with Crippen molar-refractivity contribution in [1.29, 1.82) is 0 Å². The number of anilines is 2. The predicted octanol–water partition coefficient (Wildman–Crippen LogP) is 1.69. The lowest BCUT2D eigenvalue weighted by Crippen LogP contribution is -2.17. The van der Waals surface area contributed by atoms with E-state index in [4.69, 9.17) is 17.3 Å². The lowest BCUT2D eigenvalue weighted by molar-refractivity contribution is 0.0602. The zero-order valence-electron chi connectivity index (χ0n) is 11.4. The maximum atomic E-state index is 12.2. The van der Waals surface area contributed by atoms with E-state index in [0.717, 1.165) is 0 Å². The SMILES string of the molecule is COC(=O)c1ccc(Cl)cc1NC(=O)c1nn(C)cc1N. The van der Waals surface area contributed by atoms with Gasteiger partial charge in [-0.2, -0.15) is 5.10 Å². The molecule has 1 aromatic heterocycles. The second kappa shape index (κ2) is 5.84. The highest BCUT2D eigenvalue weighted by atomic mass is 35.5. The van der Waals surface area contributed by atoms with Crippen LogP contribution in [0.25, 0.3) is 0 Å². The molecule has 0 radical (unpaired) electrons. The number of rotatable bonds is 3. The van der Waals surface area contributed by atoms with Crippen LogP contribution in [0.2, 0.25) is 5.02 Å². The van der Waals surface area contributed by atoms with Crippen LogP contribution in [0.1, 0.15) is 20.8 Å². The van der Waals surface area contributed by atoms with Gasteiger partial charge < -0.3 is 15.8 Å². The second-order valence-electron chi connectivity index (χ2n) is 4.24. The van der Waals surface area contributed by atoms with Gasteiger partial charge in [0.15, 0.2) is 5.69 Å². The first-order valence-corrected chi connectivity index (χ1v) is 6.28. The topological polar surface area (TPSA) is 99.2 Å². The molecule has 2 rings (SSSR count). The molecule has 0 aliphatic heterocycles. The number of benzene rings is 1. The van der Waals surface area contributed by atoms with Crippen LogP contribution in [-0.2, 0) is 11.8 Å². The van der Waals surface area contributed by atoms with Crippen molar-refractivity contribution in [2.45, 2.75) is 0 Å². The number of nitrogens with two attached hydrogens (primary N) is 1. The molecular formula is C13H13ClN4O3. The van der Waals surface area contributed by atoms with Crippen LogP contribution in [0, 0.1) is 0 Å². The summed E-state index contributed by atoms with van der Waals surface area (Å²) in [7, 11) is 2.89. The largest absolute Gasteiger partial charge is 0.465 e. The number of methoxy groups -OCH3 is 1. The minimum atomic E-state index is -0.587. The van der Waals surface area contributed by atoms with E-state index in [1.54, 1.807) is 7.05 Å². The average molecular weight is 309 g/mol. The summed E-state index contributed by atoms with van der Waals surface area (Å²) in [4.78, 5) is 23.8. The fourth-order valence-electron chi connectivity index (χ4n) is 1.77. The third-order valence-electron chi connectivity index (χ3n) is 2.71. The standard InChI is InChI=1S/C13H13ClN4O3/c1-18-6-9(15)11(17-18)12(19)16-10-5-7(14)3-4-8(10)13(20)21-2/h3-6H,15H2,1-2H3,(H,16,19). The summed E-state index contributed by atoms with van der Waals surface area (Å²) in [6, 6.07) is 4.44. The average Bonchev–Trinajstić information content (AvgIpc) is 2.77. The van der Waals surface area contributed by atoms with E-state index in [2.05, 4.69) is 15.2 Å². The molecule has 0 aliphatic carbocycles. The number of amides is 1. The van der Waals surface area contributed by atoms with Crippen LogP contribution in [0.4, 0.5) is 11.4 Å². The Labute approximate surface area is 125 Å². The summed E-state index contributed by atoms with van der Waals surface area (Å²) in [5.41, 5.74) is 6.40. The molecule has 0 saturated carbocycles. The van der Waals surface area contributed by atoms with Crippen molar-refractivity contribution in [3.8, 4) is 0 Å². The smallest absolute Gasteiger partial charge is 0.339 e. The Kier molecular flexibility index (Phi) is 4.13. The Hall–Kier alpha value is -2.54. The minimum Gasteiger partial charge on any atom is -0.465 e. The van der Waals surface area contributed by atoms with Gasteiger partial charge in [-0.15, -0.1) is 0 Å². The number of halogens is 1. The highest BCUT2D eigenvalue weighted by Crippen LogP contribution is 2.23. The zero-order valence-corrected chi connectivity index (χ0v) is 12.1. The summed E-state index contributed by atoms with van der Waals surface area (Å²) in [6.45, 7) is 0. The number of nitrogen functional groups attached to an aromatic ring is 1. The first-order valence-electron chi connectivity index (χ1n) is 5.90. The number of ether oxygens (including phenoxy) is 1. The van der Waals surface area contributed by atoms with E-state index in [1.807, 2.05) is 0 Å². The molecule has 21 heavy (non-hydrogen) atoms. The number of carbonyl (C=O) groups is 2. The Bertz CT molecular complexity index is 711. The molecule has 8 heteroatoms. The molecule has 7 nitrogen and oxygen atoms in total. The van der Waals surface area contributed by atoms with Crippen molar-refractivity contribution >= 4 is 34.9 Å². The summed E-state index contributed by atoms with van der Waals surface area (Å²) < 4.78 is 6.07. The van der Waals surface area contributed by atoms with Crippen LogP contribution >= 0.6 is 11.6 Å². The number of hydrogen-bond acceptors (Lipinski definition) is 5. The lowest BCUT2D eigenvalue weighted by atomic mass is 10.1. The van der Waals surface area contributed by atoms with Crippen LogP contribution in [-0.4, -0.2) is 28.8 Å². The summed E-state index contributed by atoms with van der Waals surface area (Å²) in [5, 5.41) is 6.88. The highest BCUT2D eigenvalue weighted by molar-refractivity contribution is 6.31. The van der Waals surface area contributed by atoms with Gasteiger partial charge in [0.25, 0.3) is 5.91 Å². The number of nitrogens with zero attached hydrogens (tertiary/aromatic N) is 2. The van der Waals surface area contributed by atoms with Gasteiger partial charge in [0, 0.05) is 18.3 Å². The maximum Gasteiger partial charge on any atom is 0.339 e. The van der Waals surface area contributed by atoms with Gasteiger partial charge in [-0.1, -0.05) is 11.6 Å². The molecule has 0 saturated heterocycles. The van der Waals surface area contributed by atoms with Crippen molar-refractivity contribution in [1.82, 2.24) is 9.78 Å². The third-order valence-corrected chi connectivity index (χ3v) is 2.94. The summed E-state index contributed by atoms with van der Waals surface area (Å²) in [6.07, 6.45) is 1.51. The van der Waals surface area contributed by atoms with Crippen LogP contribution < -0.4 is 11.1 Å². The molecule has 0 fully saturated rings.